The van der Waals surface area contributed by atoms with Gasteiger partial charge >= 0.3 is 0 Å². The molecule has 7 heteroatoms. The highest BCUT2D eigenvalue weighted by Gasteiger charge is 2.26. The van der Waals surface area contributed by atoms with Crippen LogP contribution < -0.4 is 10.2 Å². The Morgan fingerprint density at radius 1 is 1.29 bits per heavy atom. The van der Waals surface area contributed by atoms with Gasteiger partial charge in [0.05, 0.1) is 23.2 Å². The molecular formula is C17H14N4O2S. The van der Waals surface area contributed by atoms with Gasteiger partial charge < -0.3 is 10.2 Å². The Morgan fingerprint density at radius 2 is 2.17 bits per heavy atom. The average Bonchev–Trinajstić information content (AvgIpc) is 3.05. The third kappa shape index (κ3) is 2.74. The van der Waals surface area contributed by atoms with E-state index < -0.39 is 0 Å². The van der Waals surface area contributed by atoms with Crippen LogP contribution in [0.4, 0.5) is 11.4 Å². The monoisotopic (exact) mass is 338 g/mol. The fourth-order valence-electron chi connectivity index (χ4n) is 2.69. The normalized spacial score (nSPS) is 13.8. The topological polar surface area (TPSA) is 78.1 Å². The average molecular weight is 338 g/mol. The molecule has 0 saturated heterocycles. The maximum atomic E-state index is 12.4. The molecule has 0 radical (unpaired) electrons. The van der Waals surface area contributed by atoms with E-state index in [1.807, 2.05) is 36.4 Å². The summed E-state index contributed by atoms with van der Waals surface area (Å²) in [5.74, 6) is 0.0673. The number of fused-ring (bicyclic) bond motifs is 2. The highest BCUT2D eigenvalue weighted by atomic mass is 32.2. The zero-order valence-corrected chi connectivity index (χ0v) is 13.5. The van der Waals surface area contributed by atoms with Crippen molar-refractivity contribution < 1.29 is 9.59 Å². The Morgan fingerprint density at radius 3 is 3.08 bits per heavy atom. The summed E-state index contributed by atoms with van der Waals surface area (Å²) in [4.78, 5) is 27.1. The van der Waals surface area contributed by atoms with Gasteiger partial charge in [0.15, 0.2) is 0 Å². The van der Waals surface area contributed by atoms with E-state index >= 15 is 0 Å². The number of para-hydroxylation sites is 1. The summed E-state index contributed by atoms with van der Waals surface area (Å²) in [5, 5.41) is 10.6. The lowest BCUT2D eigenvalue weighted by molar-refractivity contribution is -0.120. The number of aromatic amines is 1. The lowest BCUT2D eigenvalue weighted by Gasteiger charge is -2.28. The number of hydrogen-bond donors (Lipinski definition) is 2. The van der Waals surface area contributed by atoms with Crippen LogP contribution in [0.5, 0.6) is 0 Å². The number of amides is 2. The molecule has 0 fully saturated rings. The quantitative estimate of drug-likeness (QED) is 0.769. The molecule has 24 heavy (non-hydrogen) atoms. The van der Waals surface area contributed by atoms with Gasteiger partial charge in [-0.25, -0.2) is 0 Å². The number of rotatable bonds is 3. The highest BCUT2D eigenvalue weighted by molar-refractivity contribution is 8.00. The number of thioether (sulfide) groups is 1. The summed E-state index contributed by atoms with van der Waals surface area (Å²) in [7, 11) is 0. The van der Waals surface area contributed by atoms with E-state index in [0.717, 1.165) is 21.5 Å². The van der Waals surface area contributed by atoms with Crippen molar-refractivity contribution in [2.24, 2.45) is 0 Å². The first-order valence-electron chi connectivity index (χ1n) is 7.46. The van der Waals surface area contributed by atoms with Crippen molar-refractivity contribution in [3.8, 4) is 0 Å². The van der Waals surface area contributed by atoms with E-state index in [-0.39, 0.29) is 18.4 Å². The van der Waals surface area contributed by atoms with Gasteiger partial charge in [-0.15, -0.1) is 11.8 Å². The lowest BCUT2D eigenvalue weighted by atomic mass is 10.2. The Labute approximate surface area is 142 Å². The number of carbonyl (C=O) groups excluding carboxylic acids is 2. The van der Waals surface area contributed by atoms with Gasteiger partial charge in [-0.1, -0.05) is 12.1 Å². The van der Waals surface area contributed by atoms with Gasteiger partial charge in [-0.3, -0.25) is 14.7 Å². The summed E-state index contributed by atoms with van der Waals surface area (Å²) in [6.07, 6.45) is 1.70. The predicted octanol–water partition coefficient (Wildman–Crippen LogP) is 2.64. The minimum Gasteiger partial charge on any atom is -0.325 e. The standard InChI is InChI=1S/C17H14N4O2S/c22-16(19-12-5-6-13-11(7-12)8-18-20-13)9-21-14-3-1-2-4-15(14)24-10-17(21)23/h1-8H,9-10H2,(H,18,20)(H,19,22). The van der Waals surface area contributed by atoms with Crippen LogP contribution >= 0.6 is 11.8 Å². The molecular weight excluding hydrogens is 324 g/mol. The molecule has 0 unspecified atom stereocenters. The van der Waals surface area contributed by atoms with Gasteiger partial charge in [0.25, 0.3) is 0 Å². The van der Waals surface area contributed by atoms with Crippen molar-refractivity contribution in [1.82, 2.24) is 10.2 Å². The zero-order chi connectivity index (χ0) is 16.5. The fraction of sp³-hybridized carbons (Fsp3) is 0.118. The van der Waals surface area contributed by atoms with Crippen molar-refractivity contribution in [3.05, 3.63) is 48.7 Å². The number of carbonyl (C=O) groups is 2. The van der Waals surface area contributed by atoms with E-state index in [0.29, 0.717) is 11.4 Å². The molecule has 2 N–H and O–H groups in total. The van der Waals surface area contributed by atoms with Crippen molar-refractivity contribution in [1.29, 1.82) is 0 Å². The Kier molecular flexibility index (Phi) is 3.70. The van der Waals surface area contributed by atoms with Crippen molar-refractivity contribution >= 4 is 45.9 Å². The van der Waals surface area contributed by atoms with E-state index in [2.05, 4.69) is 15.5 Å². The Bertz CT molecular complexity index is 937. The van der Waals surface area contributed by atoms with Crippen molar-refractivity contribution in [2.45, 2.75) is 4.90 Å². The molecule has 0 atom stereocenters. The van der Waals surface area contributed by atoms with E-state index in [9.17, 15) is 9.59 Å². The molecule has 0 saturated carbocycles. The summed E-state index contributed by atoms with van der Waals surface area (Å²) in [5.41, 5.74) is 2.38. The minimum absolute atomic E-state index is 0.000168. The van der Waals surface area contributed by atoms with Crippen LogP contribution in [-0.4, -0.2) is 34.3 Å². The predicted molar refractivity (Wildman–Crippen MR) is 94.2 cm³/mol. The molecule has 1 aromatic heterocycles. The fourth-order valence-corrected chi connectivity index (χ4v) is 3.63. The summed E-state index contributed by atoms with van der Waals surface area (Å²) in [6, 6.07) is 13.1. The largest absolute Gasteiger partial charge is 0.325 e. The van der Waals surface area contributed by atoms with Crippen LogP contribution in [0.3, 0.4) is 0 Å². The molecule has 2 amide bonds. The smallest absolute Gasteiger partial charge is 0.244 e. The molecule has 3 aromatic rings. The summed E-state index contributed by atoms with van der Waals surface area (Å²) >= 11 is 1.50. The SMILES string of the molecule is O=C(CN1C(=O)CSc2ccccc21)Nc1ccc2[nH]ncc2c1. The summed E-state index contributed by atoms with van der Waals surface area (Å²) < 4.78 is 0. The lowest BCUT2D eigenvalue weighted by Crippen LogP contribution is -2.41. The first-order chi connectivity index (χ1) is 11.7. The van der Waals surface area contributed by atoms with Crippen LogP contribution in [0.25, 0.3) is 10.9 Å². The number of H-pyrrole nitrogens is 1. The molecule has 6 nitrogen and oxygen atoms in total. The molecule has 2 aromatic carbocycles. The first kappa shape index (κ1) is 14.8. The maximum Gasteiger partial charge on any atom is 0.244 e. The second kappa shape index (κ2) is 6.01. The first-order valence-corrected chi connectivity index (χ1v) is 8.44. The number of hydrogen-bond acceptors (Lipinski definition) is 4. The molecule has 4 rings (SSSR count). The third-order valence-corrected chi connectivity index (χ3v) is 4.88. The minimum atomic E-state index is -0.229. The highest BCUT2D eigenvalue weighted by Crippen LogP contribution is 2.34. The van der Waals surface area contributed by atoms with E-state index in [1.165, 1.54) is 16.7 Å². The second-order valence-electron chi connectivity index (χ2n) is 5.46. The van der Waals surface area contributed by atoms with E-state index in [4.69, 9.17) is 0 Å². The van der Waals surface area contributed by atoms with Crippen molar-refractivity contribution in [3.63, 3.8) is 0 Å². The summed E-state index contributed by atoms with van der Waals surface area (Å²) in [6.45, 7) is -0.000168. The maximum absolute atomic E-state index is 12.4. The molecule has 0 spiro atoms. The van der Waals surface area contributed by atoms with Crippen LogP contribution in [-0.2, 0) is 9.59 Å². The molecule has 120 valence electrons. The number of nitrogens with one attached hydrogen (secondary N) is 2. The van der Waals surface area contributed by atoms with Crippen molar-refractivity contribution in [2.75, 3.05) is 22.5 Å². The van der Waals surface area contributed by atoms with Crippen LogP contribution in [0.2, 0.25) is 0 Å². The Balaban J connectivity index is 1.52. The third-order valence-electron chi connectivity index (χ3n) is 3.83. The zero-order valence-electron chi connectivity index (χ0n) is 12.7. The number of nitrogens with zero attached hydrogens (tertiary/aromatic N) is 2. The second-order valence-corrected chi connectivity index (χ2v) is 6.47. The van der Waals surface area contributed by atoms with Gasteiger partial charge in [0.1, 0.15) is 6.54 Å². The number of aromatic nitrogens is 2. The molecule has 1 aliphatic heterocycles. The Hall–Kier alpha value is -2.80. The molecule has 0 bridgehead atoms. The van der Waals surface area contributed by atoms with Gasteiger partial charge in [0.2, 0.25) is 11.8 Å². The van der Waals surface area contributed by atoms with E-state index in [1.54, 1.807) is 12.3 Å². The van der Waals surface area contributed by atoms with Crippen LogP contribution in [0, 0.1) is 0 Å². The molecule has 2 heterocycles. The molecule has 1 aliphatic rings. The van der Waals surface area contributed by atoms with Gasteiger partial charge in [-0.05, 0) is 30.3 Å². The van der Waals surface area contributed by atoms with Crippen LogP contribution in [0.1, 0.15) is 0 Å². The van der Waals surface area contributed by atoms with Gasteiger partial charge in [0, 0.05) is 16.0 Å². The van der Waals surface area contributed by atoms with Gasteiger partial charge in [-0.2, -0.15) is 5.10 Å². The number of benzene rings is 2. The number of anilines is 2. The van der Waals surface area contributed by atoms with Crippen LogP contribution in [0.15, 0.2) is 53.6 Å². The molecule has 0 aliphatic carbocycles.